The van der Waals surface area contributed by atoms with Crippen molar-refractivity contribution in [2.24, 2.45) is 5.92 Å². The van der Waals surface area contributed by atoms with Crippen molar-refractivity contribution in [2.45, 2.75) is 45.7 Å². The molecule has 0 bridgehead atoms. The van der Waals surface area contributed by atoms with Gasteiger partial charge < -0.3 is 10.6 Å². The van der Waals surface area contributed by atoms with Gasteiger partial charge in [-0.2, -0.15) is 0 Å². The van der Waals surface area contributed by atoms with E-state index >= 15 is 0 Å². The van der Waals surface area contributed by atoms with E-state index in [9.17, 15) is 4.79 Å². The number of aryl methyl sites for hydroxylation is 1. The second-order valence-electron chi connectivity index (χ2n) is 7.12. The average Bonchev–Trinajstić information content (AvgIpc) is 3.11. The van der Waals surface area contributed by atoms with Crippen LogP contribution in [0, 0.1) is 12.8 Å². The molecule has 2 N–H and O–H groups in total. The highest BCUT2D eigenvalue weighted by Crippen LogP contribution is 2.25. The zero-order valence-electron chi connectivity index (χ0n) is 15.2. The smallest absolute Gasteiger partial charge is 0.273 e. The molecule has 1 aromatic carbocycles. The summed E-state index contributed by atoms with van der Waals surface area (Å²) in [6, 6.07) is 8.46. The number of nitrogens with zero attached hydrogens (tertiary/aromatic N) is 3. The predicted octanol–water partition coefficient (Wildman–Crippen LogP) is 2.64. The highest BCUT2D eigenvalue weighted by Gasteiger charge is 2.23. The molecule has 1 atom stereocenters. The SMILES string of the molecule is Cc1ccccc1C(NC(=O)c1cn(C2CCNCC2)nn1)C(C)C. The highest BCUT2D eigenvalue weighted by molar-refractivity contribution is 5.92. The Bertz CT molecular complexity index is 718. The fourth-order valence-corrected chi connectivity index (χ4v) is 3.38. The molecule has 2 heterocycles. The summed E-state index contributed by atoms with van der Waals surface area (Å²) in [5.74, 6) is 0.117. The zero-order valence-corrected chi connectivity index (χ0v) is 15.2. The number of hydrogen-bond donors (Lipinski definition) is 2. The van der Waals surface area contributed by atoms with Crippen molar-refractivity contribution in [1.82, 2.24) is 25.6 Å². The van der Waals surface area contributed by atoms with Gasteiger partial charge in [0.25, 0.3) is 5.91 Å². The van der Waals surface area contributed by atoms with Gasteiger partial charge in [-0.1, -0.05) is 43.3 Å². The fraction of sp³-hybridized carbons (Fsp3) is 0.526. The van der Waals surface area contributed by atoms with E-state index in [1.807, 2.05) is 16.8 Å². The first-order valence-electron chi connectivity index (χ1n) is 9.05. The van der Waals surface area contributed by atoms with Crippen molar-refractivity contribution in [3.8, 4) is 0 Å². The number of benzene rings is 1. The Balaban J connectivity index is 1.74. The van der Waals surface area contributed by atoms with Crippen LogP contribution in [-0.4, -0.2) is 34.0 Å². The lowest BCUT2D eigenvalue weighted by atomic mass is 9.92. The first-order valence-corrected chi connectivity index (χ1v) is 9.05. The number of rotatable bonds is 5. The Hall–Kier alpha value is -2.21. The van der Waals surface area contributed by atoms with Crippen molar-refractivity contribution in [2.75, 3.05) is 13.1 Å². The molecule has 0 aliphatic carbocycles. The summed E-state index contributed by atoms with van der Waals surface area (Å²) in [6.45, 7) is 8.26. The van der Waals surface area contributed by atoms with Crippen molar-refractivity contribution in [3.63, 3.8) is 0 Å². The van der Waals surface area contributed by atoms with E-state index < -0.39 is 0 Å². The van der Waals surface area contributed by atoms with Crippen LogP contribution in [0.3, 0.4) is 0 Å². The monoisotopic (exact) mass is 341 g/mol. The zero-order chi connectivity index (χ0) is 17.8. The molecule has 1 aliphatic heterocycles. The molecule has 1 unspecified atom stereocenters. The van der Waals surface area contributed by atoms with Crippen molar-refractivity contribution < 1.29 is 4.79 Å². The molecule has 2 aromatic rings. The highest BCUT2D eigenvalue weighted by atomic mass is 16.2. The minimum absolute atomic E-state index is 0.0438. The molecule has 6 heteroatoms. The van der Waals surface area contributed by atoms with Crippen LogP contribution < -0.4 is 10.6 Å². The van der Waals surface area contributed by atoms with Crippen molar-refractivity contribution >= 4 is 5.91 Å². The standard InChI is InChI=1S/C19H27N5O/c1-13(2)18(16-7-5-4-6-14(16)3)21-19(25)17-12-24(23-22-17)15-8-10-20-11-9-15/h4-7,12-13,15,18,20H,8-11H2,1-3H3,(H,21,25). The van der Waals surface area contributed by atoms with Gasteiger partial charge in [0.2, 0.25) is 0 Å². The lowest BCUT2D eigenvalue weighted by Gasteiger charge is -2.24. The number of amides is 1. The van der Waals surface area contributed by atoms with Crippen LogP contribution >= 0.6 is 0 Å². The van der Waals surface area contributed by atoms with E-state index in [4.69, 9.17) is 0 Å². The second-order valence-corrected chi connectivity index (χ2v) is 7.12. The minimum atomic E-state index is -0.165. The summed E-state index contributed by atoms with van der Waals surface area (Å²) in [4.78, 5) is 12.7. The summed E-state index contributed by atoms with van der Waals surface area (Å²) in [6.07, 6.45) is 3.81. The van der Waals surface area contributed by atoms with Gasteiger partial charge in [0.15, 0.2) is 5.69 Å². The Morgan fingerprint density at radius 2 is 2.00 bits per heavy atom. The first-order chi connectivity index (χ1) is 12.1. The van der Waals surface area contributed by atoms with Crippen LogP contribution in [-0.2, 0) is 0 Å². The summed E-state index contributed by atoms with van der Waals surface area (Å²) in [5.41, 5.74) is 2.72. The van der Waals surface area contributed by atoms with Crippen molar-refractivity contribution in [1.29, 1.82) is 0 Å². The number of aromatic nitrogens is 3. The van der Waals surface area contributed by atoms with Gasteiger partial charge in [0.05, 0.1) is 18.3 Å². The first kappa shape index (κ1) is 17.6. The van der Waals surface area contributed by atoms with Gasteiger partial charge in [-0.05, 0) is 49.9 Å². The van der Waals surface area contributed by atoms with E-state index in [0.29, 0.717) is 11.7 Å². The molecule has 1 amide bonds. The largest absolute Gasteiger partial charge is 0.344 e. The number of nitrogens with one attached hydrogen (secondary N) is 2. The number of piperidine rings is 1. The van der Waals surface area contributed by atoms with Gasteiger partial charge in [-0.25, -0.2) is 4.68 Å². The third kappa shape index (κ3) is 4.07. The molecule has 6 nitrogen and oxygen atoms in total. The Morgan fingerprint density at radius 3 is 2.68 bits per heavy atom. The maximum absolute atomic E-state index is 12.7. The Kier molecular flexibility index (Phi) is 5.48. The van der Waals surface area contributed by atoms with Crippen LogP contribution in [0.25, 0.3) is 0 Å². The van der Waals surface area contributed by atoms with Crippen LogP contribution in [0.1, 0.15) is 60.4 Å². The van der Waals surface area contributed by atoms with Crippen LogP contribution in [0.2, 0.25) is 0 Å². The van der Waals surface area contributed by atoms with Gasteiger partial charge in [-0.3, -0.25) is 4.79 Å². The molecular weight excluding hydrogens is 314 g/mol. The number of carbonyl (C=O) groups excluding carboxylic acids is 1. The van der Waals surface area contributed by atoms with Crippen LogP contribution in [0.4, 0.5) is 0 Å². The number of hydrogen-bond acceptors (Lipinski definition) is 4. The molecule has 1 saturated heterocycles. The topological polar surface area (TPSA) is 71.8 Å². The molecule has 1 aliphatic rings. The molecule has 1 aromatic heterocycles. The lowest BCUT2D eigenvalue weighted by Crippen LogP contribution is -2.32. The second kappa shape index (κ2) is 7.78. The quantitative estimate of drug-likeness (QED) is 0.877. The van der Waals surface area contributed by atoms with E-state index in [1.54, 1.807) is 6.20 Å². The van der Waals surface area contributed by atoms with Gasteiger partial charge >= 0.3 is 0 Å². The lowest BCUT2D eigenvalue weighted by molar-refractivity contribution is 0.0920. The normalized spacial score (nSPS) is 16.8. The van der Waals surface area contributed by atoms with Gasteiger partial charge in [0, 0.05) is 0 Å². The summed E-state index contributed by atoms with van der Waals surface area (Å²) in [7, 11) is 0. The van der Waals surface area contributed by atoms with Crippen LogP contribution in [0.5, 0.6) is 0 Å². The Morgan fingerprint density at radius 1 is 1.28 bits per heavy atom. The molecule has 0 spiro atoms. The average molecular weight is 341 g/mol. The van der Waals surface area contributed by atoms with E-state index in [2.05, 4.69) is 53.8 Å². The van der Waals surface area contributed by atoms with E-state index in [1.165, 1.54) is 5.56 Å². The minimum Gasteiger partial charge on any atom is -0.344 e. The Labute approximate surface area is 149 Å². The molecule has 0 saturated carbocycles. The molecule has 1 fully saturated rings. The maximum atomic E-state index is 12.7. The summed E-state index contributed by atoms with van der Waals surface area (Å²) >= 11 is 0. The third-order valence-electron chi connectivity index (χ3n) is 4.90. The van der Waals surface area contributed by atoms with E-state index in [0.717, 1.165) is 31.5 Å². The van der Waals surface area contributed by atoms with Gasteiger partial charge in [-0.15, -0.1) is 5.10 Å². The van der Waals surface area contributed by atoms with Gasteiger partial charge in [0.1, 0.15) is 0 Å². The molecular formula is C19H27N5O. The predicted molar refractivity (Wildman–Crippen MR) is 97.4 cm³/mol. The summed E-state index contributed by atoms with van der Waals surface area (Å²) in [5, 5.41) is 14.8. The van der Waals surface area contributed by atoms with Crippen LogP contribution in [0.15, 0.2) is 30.5 Å². The van der Waals surface area contributed by atoms with Crippen molar-refractivity contribution in [3.05, 3.63) is 47.3 Å². The van der Waals surface area contributed by atoms with E-state index in [-0.39, 0.29) is 17.9 Å². The fourth-order valence-electron chi connectivity index (χ4n) is 3.38. The number of carbonyl (C=O) groups is 1. The molecule has 134 valence electrons. The molecule has 0 radical (unpaired) electrons. The third-order valence-corrected chi connectivity index (χ3v) is 4.90. The maximum Gasteiger partial charge on any atom is 0.273 e. The summed E-state index contributed by atoms with van der Waals surface area (Å²) < 4.78 is 1.84. The molecule has 3 rings (SSSR count). The molecule has 25 heavy (non-hydrogen) atoms.